The van der Waals surface area contributed by atoms with E-state index in [9.17, 15) is 0 Å². The van der Waals surface area contributed by atoms with Crippen molar-refractivity contribution in [3.63, 3.8) is 0 Å². The molecule has 0 fully saturated rings. The molecule has 40 heavy (non-hydrogen) atoms. The van der Waals surface area contributed by atoms with Crippen LogP contribution >= 0.6 is 0 Å². The van der Waals surface area contributed by atoms with Gasteiger partial charge in [-0.25, -0.2) is 0 Å². The van der Waals surface area contributed by atoms with Crippen LogP contribution in [-0.4, -0.2) is 0 Å². The van der Waals surface area contributed by atoms with Crippen LogP contribution in [0.3, 0.4) is 0 Å². The number of nitrogen functional groups attached to an aromatic ring is 2. The van der Waals surface area contributed by atoms with Crippen molar-refractivity contribution in [1.82, 2.24) is 0 Å². The average Bonchev–Trinajstić information content (AvgIpc) is 2.92. The summed E-state index contributed by atoms with van der Waals surface area (Å²) >= 11 is 0. The third kappa shape index (κ3) is 7.18. The van der Waals surface area contributed by atoms with Gasteiger partial charge in [0.2, 0.25) is 0 Å². The molecule has 4 nitrogen and oxygen atoms in total. The Bertz CT molecular complexity index is 1260. The van der Waals surface area contributed by atoms with Gasteiger partial charge in [-0.3, -0.25) is 0 Å². The summed E-state index contributed by atoms with van der Waals surface area (Å²) in [5, 5.41) is 0. The summed E-state index contributed by atoms with van der Waals surface area (Å²) in [6.07, 6.45) is 7.94. The number of hydrogen-bond acceptors (Lipinski definition) is 4. The SMILES string of the molecule is CCCc1cc(-c2cc(CCC)c(Oc3cccc(N)c3)c(CCC)c2)cc(CCC)c1Oc1cccc(N)c1. The maximum Gasteiger partial charge on any atom is 0.133 e. The van der Waals surface area contributed by atoms with Gasteiger partial charge in [-0.2, -0.15) is 0 Å². The van der Waals surface area contributed by atoms with Gasteiger partial charge in [0.15, 0.2) is 0 Å². The van der Waals surface area contributed by atoms with Gasteiger partial charge in [0.25, 0.3) is 0 Å². The van der Waals surface area contributed by atoms with E-state index in [2.05, 4.69) is 52.0 Å². The lowest BCUT2D eigenvalue weighted by molar-refractivity contribution is 0.468. The van der Waals surface area contributed by atoms with Crippen molar-refractivity contribution in [3.8, 4) is 34.1 Å². The summed E-state index contributed by atoms with van der Waals surface area (Å²) in [6.45, 7) is 8.88. The number of nitrogens with two attached hydrogens (primary N) is 2. The predicted molar refractivity (Wildman–Crippen MR) is 170 cm³/mol. The zero-order valence-corrected chi connectivity index (χ0v) is 24.6. The van der Waals surface area contributed by atoms with Gasteiger partial charge in [0, 0.05) is 23.5 Å². The third-order valence-corrected chi connectivity index (χ3v) is 7.05. The van der Waals surface area contributed by atoms with Gasteiger partial charge in [-0.1, -0.05) is 65.5 Å². The molecule has 0 saturated carbocycles. The summed E-state index contributed by atoms with van der Waals surface area (Å²) in [5.41, 5.74) is 20.9. The Morgan fingerprint density at radius 3 is 1.07 bits per heavy atom. The van der Waals surface area contributed by atoms with Crippen molar-refractivity contribution >= 4 is 11.4 Å². The molecule has 4 heteroatoms. The normalized spacial score (nSPS) is 11.0. The molecule has 0 bridgehead atoms. The van der Waals surface area contributed by atoms with E-state index in [1.807, 2.05) is 48.5 Å². The van der Waals surface area contributed by atoms with Crippen LogP contribution in [0.25, 0.3) is 11.1 Å². The Kier molecular flexibility index (Phi) is 10.1. The number of benzene rings is 4. The molecule has 4 rings (SSSR count). The Morgan fingerprint density at radius 1 is 0.475 bits per heavy atom. The number of hydrogen-bond donors (Lipinski definition) is 2. The summed E-state index contributed by atoms with van der Waals surface area (Å²) < 4.78 is 13.1. The molecule has 4 aromatic carbocycles. The second-order valence-corrected chi connectivity index (χ2v) is 10.6. The number of ether oxygens (including phenoxy) is 2. The number of anilines is 2. The molecule has 0 radical (unpaired) electrons. The molecule has 0 aliphatic heterocycles. The first kappa shape index (κ1) is 29.1. The molecule has 4 aromatic rings. The minimum absolute atomic E-state index is 0.704. The van der Waals surface area contributed by atoms with Crippen LogP contribution in [0.4, 0.5) is 11.4 Å². The van der Waals surface area contributed by atoms with Gasteiger partial charge in [0.1, 0.15) is 23.0 Å². The molecule has 210 valence electrons. The summed E-state index contributed by atoms with van der Waals surface area (Å²) in [7, 11) is 0. The molecule has 0 atom stereocenters. The van der Waals surface area contributed by atoms with Crippen LogP contribution in [0.15, 0.2) is 72.8 Å². The zero-order chi connectivity index (χ0) is 28.5. The quantitative estimate of drug-likeness (QED) is 0.167. The smallest absolute Gasteiger partial charge is 0.133 e. The van der Waals surface area contributed by atoms with Crippen molar-refractivity contribution < 1.29 is 9.47 Å². The van der Waals surface area contributed by atoms with Crippen LogP contribution in [0, 0.1) is 0 Å². The van der Waals surface area contributed by atoms with Crippen molar-refractivity contribution in [2.24, 2.45) is 0 Å². The largest absolute Gasteiger partial charge is 0.457 e. The molecule has 0 aromatic heterocycles. The molecule has 0 saturated heterocycles. The van der Waals surface area contributed by atoms with Crippen LogP contribution in [0.1, 0.15) is 75.6 Å². The molecule has 0 unspecified atom stereocenters. The minimum Gasteiger partial charge on any atom is -0.457 e. The van der Waals surface area contributed by atoms with E-state index < -0.39 is 0 Å². The Hall–Kier alpha value is -3.92. The first-order chi connectivity index (χ1) is 19.4. The maximum atomic E-state index is 6.53. The lowest BCUT2D eigenvalue weighted by atomic mass is 9.91. The Balaban J connectivity index is 1.84. The summed E-state index contributed by atoms with van der Waals surface area (Å²) in [6, 6.07) is 24.7. The standard InChI is InChI=1S/C36H44N2O2/c1-5-11-25-19-29(20-26(12-6-2)35(25)39-33-17-9-15-31(37)23-33)30-21-27(13-7-3)36(28(22-30)14-8-4)40-34-18-10-16-32(38)24-34/h9-10,15-24H,5-8,11-14,37-38H2,1-4H3. The van der Waals surface area contributed by atoms with Gasteiger partial charge in [-0.15, -0.1) is 0 Å². The van der Waals surface area contributed by atoms with E-state index >= 15 is 0 Å². The molecule has 4 N–H and O–H groups in total. The summed E-state index contributed by atoms with van der Waals surface area (Å²) in [4.78, 5) is 0. The minimum atomic E-state index is 0.704. The highest BCUT2D eigenvalue weighted by Crippen LogP contribution is 2.40. The monoisotopic (exact) mass is 536 g/mol. The van der Waals surface area contributed by atoms with Crippen molar-refractivity contribution in [2.75, 3.05) is 11.5 Å². The summed E-state index contributed by atoms with van der Waals surface area (Å²) in [5.74, 6) is 3.51. The third-order valence-electron chi connectivity index (χ3n) is 7.05. The zero-order valence-electron chi connectivity index (χ0n) is 24.6. The molecule has 0 aliphatic carbocycles. The van der Waals surface area contributed by atoms with Crippen LogP contribution in [0.5, 0.6) is 23.0 Å². The van der Waals surface area contributed by atoms with Crippen LogP contribution < -0.4 is 20.9 Å². The maximum absolute atomic E-state index is 6.53. The second kappa shape index (κ2) is 13.9. The lowest BCUT2D eigenvalue weighted by Gasteiger charge is -2.21. The Morgan fingerprint density at radius 2 is 0.800 bits per heavy atom. The first-order valence-corrected chi connectivity index (χ1v) is 14.8. The van der Waals surface area contributed by atoms with Gasteiger partial charge in [0.05, 0.1) is 0 Å². The molecule has 0 spiro atoms. The highest BCUT2D eigenvalue weighted by molar-refractivity contribution is 5.71. The lowest BCUT2D eigenvalue weighted by Crippen LogP contribution is -2.02. The topological polar surface area (TPSA) is 70.5 Å². The average molecular weight is 537 g/mol. The fraction of sp³-hybridized carbons (Fsp3) is 0.333. The van der Waals surface area contributed by atoms with Crippen molar-refractivity contribution in [3.05, 3.63) is 95.1 Å². The second-order valence-electron chi connectivity index (χ2n) is 10.6. The predicted octanol–water partition coefficient (Wildman–Crippen LogP) is 9.91. The number of aryl methyl sites for hydroxylation is 4. The van der Waals surface area contributed by atoms with Gasteiger partial charge < -0.3 is 20.9 Å². The fourth-order valence-corrected chi connectivity index (χ4v) is 5.32. The first-order valence-electron chi connectivity index (χ1n) is 14.8. The van der Waals surface area contributed by atoms with E-state index in [0.717, 1.165) is 74.4 Å². The molecule has 0 amide bonds. The highest BCUT2D eigenvalue weighted by Gasteiger charge is 2.18. The van der Waals surface area contributed by atoms with Gasteiger partial charge >= 0.3 is 0 Å². The highest BCUT2D eigenvalue weighted by atomic mass is 16.5. The van der Waals surface area contributed by atoms with Crippen molar-refractivity contribution in [1.29, 1.82) is 0 Å². The Labute approximate surface area is 240 Å². The molecular formula is C36H44N2O2. The van der Waals surface area contributed by atoms with E-state index in [1.54, 1.807) is 0 Å². The van der Waals surface area contributed by atoms with Crippen molar-refractivity contribution in [2.45, 2.75) is 79.1 Å². The van der Waals surface area contributed by atoms with Crippen LogP contribution in [-0.2, 0) is 25.7 Å². The molecule has 0 aliphatic rings. The molecular weight excluding hydrogens is 492 g/mol. The van der Waals surface area contributed by atoms with Gasteiger partial charge in [-0.05, 0) is 108 Å². The van der Waals surface area contributed by atoms with E-state index in [0.29, 0.717) is 11.4 Å². The van der Waals surface area contributed by atoms with E-state index in [4.69, 9.17) is 20.9 Å². The fourth-order valence-electron chi connectivity index (χ4n) is 5.32. The van der Waals surface area contributed by atoms with E-state index in [-0.39, 0.29) is 0 Å². The van der Waals surface area contributed by atoms with Crippen LogP contribution in [0.2, 0.25) is 0 Å². The number of rotatable bonds is 13. The van der Waals surface area contributed by atoms with E-state index in [1.165, 1.54) is 33.4 Å². The molecule has 0 heterocycles.